The highest BCUT2D eigenvalue weighted by Gasteiger charge is 2.53. The van der Waals surface area contributed by atoms with Crippen molar-refractivity contribution in [3.8, 4) is 0 Å². The molecule has 0 bridgehead atoms. The Hall–Kier alpha value is -0.0431. The first-order valence-corrected chi connectivity index (χ1v) is 9.73. The van der Waals surface area contributed by atoms with Gasteiger partial charge in [-0.25, -0.2) is 8.78 Å². The number of ether oxygens (including phenoxy) is 2. The van der Waals surface area contributed by atoms with E-state index in [1.165, 1.54) is 0 Å². The Balaban J connectivity index is 2.02. The summed E-state index contributed by atoms with van der Waals surface area (Å²) in [5, 5.41) is 0.0891. The van der Waals surface area contributed by atoms with Crippen LogP contribution in [0.3, 0.4) is 0 Å². The molecule has 0 aromatic heterocycles. The summed E-state index contributed by atoms with van der Waals surface area (Å²) < 4.78 is 43.0. The van der Waals surface area contributed by atoms with Crippen LogP contribution in [0, 0.1) is 5.92 Å². The average molecular weight is 294 g/mol. The van der Waals surface area contributed by atoms with Gasteiger partial charge in [0.1, 0.15) is 6.10 Å². The van der Waals surface area contributed by atoms with Gasteiger partial charge in [0.2, 0.25) is 6.43 Å². The number of hydrogen-bond acceptors (Lipinski definition) is 3. The van der Waals surface area contributed by atoms with E-state index in [9.17, 15) is 8.78 Å². The van der Waals surface area contributed by atoms with Gasteiger partial charge in [0.25, 0.3) is 0 Å². The minimum Gasteiger partial charge on any atom is -0.409 e. The maximum Gasteiger partial charge on any atom is 0.246 e. The van der Waals surface area contributed by atoms with Crippen molar-refractivity contribution in [3.05, 3.63) is 0 Å². The van der Waals surface area contributed by atoms with E-state index >= 15 is 0 Å². The second-order valence-corrected chi connectivity index (χ2v) is 11.8. The van der Waals surface area contributed by atoms with E-state index in [1.807, 2.05) is 0 Å². The SMILES string of the molecule is CC(C)(C)[Si](C)(C)O[C@@H]1CO[C@H]2C1OC[C@H]2C(F)F. The Kier molecular flexibility index (Phi) is 4.08. The van der Waals surface area contributed by atoms with Crippen molar-refractivity contribution in [1.29, 1.82) is 0 Å². The van der Waals surface area contributed by atoms with E-state index in [1.54, 1.807) is 0 Å². The molecule has 0 aliphatic carbocycles. The van der Waals surface area contributed by atoms with E-state index in [0.29, 0.717) is 6.61 Å². The summed E-state index contributed by atoms with van der Waals surface area (Å²) in [5.74, 6) is -0.807. The van der Waals surface area contributed by atoms with Crippen molar-refractivity contribution in [1.82, 2.24) is 0 Å². The van der Waals surface area contributed by atoms with Gasteiger partial charge in [-0.3, -0.25) is 0 Å². The van der Waals surface area contributed by atoms with Crippen LogP contribution in [0.15, 0.2) is 0 Å². The quantitative estimate of drug-likeness (QED) is 0.749. The van der Waals surface area contributed by atoms with Gasteiger partial charge in [-0.1, -0.05) is 20.8 Å². The van der Waals surface area contributed by atoms with Crippen LogP contribution in [0.2, 0.25) is 18.1 Å². The Morgan fingerprint density at radius 2 is 1.68 bits per heavy atom. The lowest BCUT2D eigenvalue weighted by atomic mass is 10.0. The first-order valence-electron chi connectivity index (χ1n) is 6.82. The van der Waals surface area contributed by atoms with Crippen molar-refractivity contribution >= 4 is 8.32 Å². The van der Waals surface area contributed by atoms with Gasteiger partial charge >= 0.3 is 0 Å². The van der Waals surface area contributed by atoms with Crippen molar-refractivity contribution in [2.24, 2.45) is 5.92 Å². The lowest BCUT2D eigenvalue weighted by Gasteiger charge is -2.39. The zero-order valence-corrected chi connectivity index (χ0v) is 13.3. The van der Waals surface area contributed by atoms with Crippen molar-refractivity contribution in [2.75, 3.05) is 13.2 Å². The molecule has 0 aromatic rings. The first-order chi connectivity index (χ1) is 8.63. The molecule has 0 spiro atoms. The van der Waals surface area contributed by atoms with Crippen molar-refractivity contribution < 1.29 is 22.7 Å². The summed E-state index contributed by atoms with van der Waals surface area (Å²) in [5.41, 5.74) is 0. The summed E-state index contributed by atoms with van der Waals surface area (Å²) in [6, 6.07) is 0. The van der Waals surface area contributed by atoms with Gasteiger partial charge in [0, 0.05) is 0 Å². The van der Waals surface area contributed by atoms with Crippen LogP contribution in [-0.2, 0) is 13.9 Å². The van der Waals surface area contributed by atoms with Crippen LogP contribution in [-0.4, -0.2) is 46.3 Å². The molecule has 3 nitrogen and oxygen atoms in total. The monoisotopic (exact) mass is 294 g/mol. The third-order valence-corrected chi connectivity index (χ3v) is 9.13. The van der Waals surface area contributed by atoms with Crippen molar-refractivity contribution in [3.63, 3.8) is 0 Å². The van der Waals surface area contributed by atoms with Gasteiger partial charge in [0.15, 0.2) is 8.32 Å². The predicted octanol–water partition coefficient (Wildman–Crippen LogP) is 3.06. The zero-order chi connectivity index (χ0) is 14.4. The maximum atomic E-state index is 12.8. The predicted molar refractivity (Wildman–Crippen MR) is 71.0 cm³/mol. The average Bonchev–Trinajstić information content (AvgIpc) is 2.78. The molecule has 1 unspecified atom stereocenters. The number of rotatable bonds is 3. The van der Waals surface area contributed by atoms with E-state index in [2.05, 4.69) is 33.9 Å². The van der Waals surface area contributed by atoms with Crippen LogP contribution in [0.25, 0.3) is 0 Å². The third kappa shape index (κ3) is 2.86. The van der Waals surface area contributed by atoms with Gasteiger partial charge in [-0.2, -0.15) is 0 Å². The molecule has 112 valence electrons. The minimum absolute atomic E-state index is 0.0738. The first kappa shape index (κ1) is 15.3. The topological polar surface area (TPSA) is 27.7 Å². The van der Waals surface area contributed by atoms with Crippen LogP contribution in [0.4, 0.5) is 8.78 Å². The number of fused-ring (bicyclic) bond motifs is 1. The van der Waals surface area contributed by atoms with Crippen LogP contribution >= 0.6 is 0 Å². The molecule has 2 aliphatic heterocycles. The fourth-order valence-electron chi connectivity index (χ4n) is 2.37. The molecule has 4 atom stereocenters. The molecule has 6 heteroatoms. The molecule has 0 saturated carbocycles. The lowest BCUT2D eigenvalue weighted by Crippen LogP contribution is -2.47. The molecule has 2 fully saturated rings. The Bertz CT molecular complexity index is 330. The lowest BCUT2D eigenvalue weighted by molar-refractivity contribution is -0.0122. The van der Waals surface area contributed by atoms with E-state index < -0.39 is 26.8 Å². The molecule has 0 N–H and O–H groups in total. The maximum absolute atomic E-state index is 12.8. The molecular formula is C13H24F2O3Si. The zero-order valence-electron chi connectivity index (χ0n) is 12.3. The smallest absolute Gasteiger partial charge is 0.246 e. The fourth-order valence-corrected chi connectivity index (χ4v) is 3.68. The van der Waals surface area contributed by atoms with Crippen LogP contribution in [0.5, 0.6) is 0 Å². The summed E-state index contributed by atoms with van der Waals surface area (Å²) in [6.07, 6.45) is -3.42. The Labute approximate surface area is 114 Å². The molecule has 0 aromatic carbocycles. The molecule has 2 aliphatic rings. The van der Waals surface area contributed by atoms with E-state index in [0.717, 1.165) is 0 Å². The Morgan fingerprint density at radius 1 is 1.11 bits per heavy atom. The normalized spacial score (nSPS) is 36.0. The second kappa shape index (κ2) is 5.06. The highest BCUT2D eigenvalue weighted by Crippen LogP contribution is 2.41. The van der Waals surface area contributed by atoms with Gasteiger partial charge in [-0.15, -0.1) is 0 Å². The highest BCUT2D eigenvalue weighted by atomic mass is 28.4. The third-order valence-electron chi connectivity index (χ3n) is 4.62. The molecule has 19 heavy (non-hydrogen) atoms. The fraction of sp³-hybridized carbons (Fsp3) is 1.00. The summed E-state index contributed by atoms with van der Waals surface area (Å²) in [4.78, 5) is 0. The molecule has 0 amide bonds. The number of halogens is 2. The Morgan fingerprint density at radius 3 is 2.21 bits per heavy atom. The number of alkyl halides is 2. The molecule has 2 rings (SSSR count). The summed E-state index contributed by atoms with van der Waals surface area (Å²) >= 11 is 0. The van der Waals surface area contributed by atoms with Gasteiger partial charge < -0.3 is 13.9 Å². The second-order valence-electron chi connectivity index (χ2n) is 7.01. The molecule has 0 radical (unpaired) electrons. The highest BCUT2D eigenvalue weighted by molar-refractivity contribution is 6.74. The number of hydrogen-bond donors (Lipinski definition) is 0. The molecular weight excluding hydrogens is 270 g/mol. The van der Waals surface area contributed by atoms with Crippen LogP contribution in [0.1, 0.15) is 20.8 Å². The van der Waals surface area contributed by atoms with Crippen molar-refractivity contribution in [2.45, 2.75) is 63.6 Å². The van der Waals surface area contributed by atoms with Gasteiger partial charge in [0.05, 0.1) is 31.3 Å². The van der Waals surface area contributed by atoms with Crippen LogP contribution < -0.4 is 0 Å². The van der Waals surface area contributed by atoms with Gasteiger partial charge in [-0.05, 0) is 18.1 Å². The summed E-state index contributed by atoms with van der Waals surface area (Å²) in [6.45, 7) is 11.2. The molecule has 2 heterocycles. The molecule has 2 saturated heterocycles. The largest absolute Gasteiger partial charge is 0.409 e. The van der Waals surface area contributed by atoms with E-state index in [4.69, 9.17) is 13.9 Å². The van der Waals surface area contributed by atoms with E-state index in [-0.39, 0.29) is 23.9 Å². The summed E-state index contributed by atoms with van der Waals surface area (Å²) in [7, 11) is -1.93. The minimum atomic E-state index is -2.39. The standard InChI is InChI=1S/C13H24F2O3Si/c1-13(2,3)19(4,5)18-9-7-17-10-8(12(14)15)6-16-11(9)10/h8-12H,6-7H2,1-5H3/t8-,9-,10-,11?/m1/s1.